The second-order valence-corrected chi connectivity index (χ2v) is 8.02. The number of nitrogens with zero attached hydrogens (tertiary/aromatic N) is 1. The fourth-order valence-corrected chi connectivity index (χ4v) is 4.31. The van der Waals surface area contributed by atoms with Crippen molar-refractivity contribution in [1.82, 2.24) is 4.98 Å². The monoisotopic (exact) mass is 375 g/mol. The summed E-state index contributed by atoms with van der Waals surface area (Å²) in [6, 6.07) is 12.1. The number of ether oxygens (including phenoxy) is 2. The minimum absolute atomic E-state index is 0.218. The Bertz CT molecular complexity index is 987. The molecule has 2 aromatic heterocycles. The highest BCUT2D eigenvalue weighted by atomic mass is 32.2. The Morgan fingerprint density at radius 1 is 1.04 bits per heavy atom. The van der Waals surface area contributed by atoms with E-state index >= 15 is 0 Å². The molecule has 0 spiro atoms. The molecule has 1 aromatic carbocycles. The van der Waals surface area contributed by atoms with Gasteiger partial charge >= 0.3 is 0 Å². The molecule has 4 rings (SSSR count). The van der Waals surface area contributed by atoms with E-state index in [1.807, 2.05) is 18.2 Å². The van der Waals surface area contributed by atoms with Crippen LogP contribution in [0.4, 0.5) is 17.2 Å². The maximum Gasteiger partial charge on any atom is 0.271 e. The van der Waals surface area contributed by atoms with Crippen molar-refractivity contribution in [2.24, 2.45) is 0 Å². The Morgan fingerprint density at radius 2 is 1.88 bits per heavy atom. The third kappa shape index (κ3) is 3.37. The molecule has 2 N–H and O–H groups in total. The van der Waals surface area contributed by atoms with Gasteiger partial charge in [-0.3, -0.25) is 4.72 Å². The predicted octanol–water partition coefficient (Wildman–Crippen LogP) is 3.42. The Morgan fingerprint density at radius 3 is 2.64 bits per heavy atom. The van der Waals surface area contributed by atoms with Crippen LogP contribution in [-0.2, 0) is 10.0 Å². The molecule has 0 amide bonds. The molecule has 0 aliphatic carbocycles. The lowest BCUT2D eigenvalue weighted by Crippen LogP contribution is -2.11. The van der Waals surface area contributed by atoms with E-state index in [9.17, 15) is 8.42 Å². The minimum atomic E-state index is -3.57. The fraction of sp³-hybridized carbons (Fsp3) is 0.0625. The topological polar surface area (TPSA) is 89.6 Å². The van der Waals surface area contributed by atoms with Gasteiger partial charge < -0.3 is 14.8 Å². The van der Waals surface area contributed by atoms with Crippen molar-refractivity contribution >= 4 is 38.6 Å². The number of pyridine rings is 1. The first-order valence-corrected chi connectivity index (χ1v) is 9.65. The highest BCUT2D eigenvalue weighted by molar-refractivity contribution is 7.94. The lowest BCUT2D eigenvalue weighted by molar-refractivity contribution is 0.174. The highest BCUT2D eigenvalue weighted by Crippen LogP contribution is 2.35. The maximum absolute atomic E-state index is 12.2. The smallest absolute Gasteiger partial charge is 0.271 e. The van der Waals surface area contributed by atoms with Crippen LogP contribution in [0, 0.1) is 0 Å². The zero-order chi connectivity index (χ0) is 17.3. The van der Waals surface area contributed by atoms with E-state index in [1.54, 1.807) is 29.6 Å². The summed E-state index contributed by atoms with van der Waals surface area (Å²) in [6.45, 7) is 0.218. The predicted molar refractivity (Wildman–Crippen MR) is 95.2 cm³/mol. The van der Waals surface area contributed by atoms with Gasteiger partial charge in [-0.2, -0.15) is 0 Å². The molecule has 0 atom stereocenters. The van der Waals surface area contributed by atoms with Gasteiger partial charge in [0.2, 0.25) is 6.79 Å². The molecular formula is C16H13N3O4S2. The summed E-state index contributed by atoms with van der Waals surface area (Å²) in [5.41, 5.74) is 1.19. The number of nitrogens with one attached hydrogen (secondary N) is 2. The number of hydrogen-bond acceptors (Lipinski definition) is 7. The van der Waals surface area contributed by atoms with Gasteiger partial charge in [0, 0.05) is 11.8 Å². The summed E-state index contributed by atoms with van der Waals surface area (Å²) in [7, 11) is -3.57. The quantitative estimate of drug-likeness (QED) is 0.710. The van der Waals surface area contributed by atoms with Crippen molar-refractivity contribution in [3.8, 4) is 11.5 Å². The van der Waals surface area contributed by atoms with Crippen molar-refractivity contribution in [2.45, 2.75) is 4.21 Å². The Balaban J connectivity index is 1.47. The molecule has 1 aliphatic rings. The normalized spacial score (nSPS) is 12.8. The minimum Gasteiger partial charge on any atom is -0.454 e. The van der Waals surface area contributed by atoms with E-state index in [0.29, 0.717) is 23.0 Å². The first kappa shape index (κ1) is 15.7. The highest BCUT2D eigenvalue weighted by Gasteiger charge is 2.16. The summed E-state index contributed by atoms with van der Waals surface area (Å²) in [4.78, 5) is 4.23. The van der Waals surface area contributed by atoms with E-state index in [0.717, 1.165) is 17.0 Å². The third-order valence-corrected chi connectivity index (χ3v) is 6.20. The van der Waals surface area contributed by atoms with E-state index in [-0.39, 0.29) is 11.0 Å². The largest absolute Gasteiger partial charge is 0.454 e. The molecule has 128 valence electrons. The number of aromatic nitrogens is 1. The number of thiophene rings is 1. The van der Waals surface area contributed by atoms with Crippen molar-refractivity contribution in [1.29, 1.82) is 0 Å². The molecule has 3 aromatic rings. The van der Waals surface area contributed by atoms with Crippen LogP contribution in [0.3, 0.4) is 0 Å². The maximum atomic E-state index is 12.2. The lowest BCUT2D eigenvalue weighted by atomic mass is 10.2. The van der Waals surface area contributed by atoms with Crippen LogP contribution in [0.15, 0.2) is 58.3 Å². The van der Waals surface area contributed by atoms with Crippen LogP contribution in [-0.4, -0.2) is 20.2 Å². The first-order valence-electron chi connectivity index (χ1n) is 7.29. The van der Waals surface area contributed by atoms with Gasteiger partial charge in [-0.25, -0.2) is 13.4 Å². The number of fused-ring (bicyclic) bond motifs is 1. The van der Waals surface area contributed by atoms with Crippen molar-refractivity contribution < 1.29 is 17.9 Å². The second kappa shape index (κ2) is 6.26. The van der Waals surface area contributed by atoms with Crippen molar-refractivity contribution in [2.75, 3.05) is 16.8 Å². The molecule has 7 nitrogen and oxygen atoms in total. The van der Waals surface area contributed by atoms with Crippen LogP contribution >= 0.6 is 11.3 Å². The average molecular weight is 375 g/mol. The SMILES string of the molecule is O=S(=O)(Nc1ccc(Nc2ccc3c(c2)OCO3)nc1)c1cccs1. The van der Waals surface area contributed by atoms with Gasteiger partial charge in [0.15, 0.2) is 11.5 Å². The molecule has 0 saturated heterocycles. The van der Waals surface area contributed by atoms with Gasteiger partial charge in [-0.1, -0.05) is 6.07 Å². The number of hydrogen-bond donors (Lipinski definition) is 2. The second-order valence-electron chi connectivity index (χ2n) is 5.16. The van der Waals surface area contributed by atoms with E-state index < -0.39 is 10.0 Å². The first-order chi connectivity index (χ1) is 12.1. The molecular weight excluding hydrogens is 362 g/mol. The van der Waals surface area contributed by atoms with Gasteiger partial charge in [-0.05, 0) is 35.7 Å². The van der Waals surface area contributed by atoms with Gasteiger partial charge in [0.1, 0.15) is 10.0 Å². The van der Waals surface area contributed by atoms with Gasteiger partial charge in [0.25, 0.3) is 10.0 Å². The summed E-state index contributed by atoms with van der Waals surface area (Å²) in [5.74, 6) is 1.96. The Kier molecular flexibility index (Phi) is 3.94. The van der Waals surface area contributed by atoms with E-state index in [2.05, 4.69) is 15.0 Å². The van der Waals surface area contributed by atoms with Crippen LogP contribution in [0.2, 0.25) is 0 Å². The lowest BCUT2D eigenvalue weighted by Gasteiger charge is -2.09. The van der Waals surface area contributed by atoms with Crippen LogP contribution in [0.25, 0.3) is 0 Å². The Labute approximate surface area is 148 Å². The number of sulfonamides is 1. The molecule has 0 saturated carbocycles. The van der Waals surface area contributed by atoms with Crippen LogP contribution in [0.1, 0.15) is 0 Å². The summed E-state index contributed by atoms with van der Waals surface area (Å²) >= 11 is 1.16. The fourth-order valence-electron chi connectivity index (χ4n) is 2.27. The van der Waals surface area contributed by atoms with Crippen LogP contribution in [0.5, 0.6) is 11.5 Å². The van der Waals surface area contributed by atoms with E-state index in [1.165, 1.54) is 6.20 Å². The van der Waals surface area contributed by atoms with Crippen LogP contribution < -0.4 is 19.5 Å². The standard InChI is InChI=1S/C16H13N3O4S2/c20-25(21,16-2-1-7-24-16)19-12-4-6-15(17-9-12)18-11-3-5-13-14(8-11)23-10-22-13/h1-9,19H,10H2,(H,17,18). The molecule has 0 fully saturated rings. The number of benzene rings is 1. The zero-order valence-corrected chi connectivity index (χ0v) is 14.4. The molecule has 9 heteroatoms. The van der Waals surface area contributed by atoms with Crippen molar-refractivity contribution in [3.63, 3.8) is 0 Å². The third-order valence-electron chi connectivity index (χ3n) is 3.42. The van der Waals surface area contributed by atoms with Crippen molar-refractivity contribution in [3.05, 3.63) is 54.0 Å². The summed E-state index contributed by atoms with van der Waals surface area (Å²) in [6.07, 6.45) is 1.46. The summed E-state index contributed by atoms with van der Waals surface area (Å²) in [5, 5.41) is 4.84. The molecule has 25 heavy (non-hydrogen) atoms. The van der Waals surface area contributed by atoms with Gasteiger partial charge in [-0.15, -0.1) is 11.3 Å². The molecule has 0 unspecified atom stereocenters. The number of anilines is 3. The van der Waals surface area contributed by atoms with Gasteiger partial charge in [0.05, 0.1) is 11.9 Å². The van der Waals surface area contributed by atoms with E-state index in [4.69, 9.17) is 9.47 Å². The molecule has 3 heterocycles. The molecule has 0 radical (unpaired) electrons. The molecule has 0 bridgehead atoms. The average Bonchev–Trinajstić information content (AvgIpc) is 3.28. The Hall–Kier alpha value is -2.78. The molecule has 1 aliphatic heterocycles. The zero-order valence-electron chi connectivity index (χ0n) is 12.8. The summed E-state index contributed by atoms with van der Waals surface area (Å²) < 4.78 is 37.7. The number of rotatable bonds is 5.